The Kier molecular flexibility index (Phi) is 6.54. The first-order chi connectivity index (χ1) is 17.9. The third-order valence-electron chi connectivity index (χ3n) is 6.18. The molecule has 0 aromatic heterocycles. The molecular formula is C30H26NO5S+. The van der Waals surface area contributed by atoms with E-state index in [1.807, 2.05) is 43.3 Å². The predicted molar refractivity (Wildman–Crippen MR) is 148 cm³/mol. The van der Waals surface area contributed by atoms with Gasteiger partial charge in [-0.2, -0.15) is 0 Å². The van der Waals surface area contributed by atoms with Gasteiger partial charge < -0.3 is 14.6 Å². The summed E-state index contributed by atoms with van der Waals surface area (Å²) in [5, 5.41) is 14.3. The van der Waals surface area contributed by atoms with E-state index >= 15 is 0 Å². The fourth-order valence-electron chi connectivity index (χ4n) is 4.50. The van der Waals surface area contributed by atoms with Crippen LogP contribution in [-0.4, -0.2) is 27.2 Å². The molecule has 0 spiro atoms. The van der Waals surface area contributed by atoms with Gasteiger partial charge in [0.15, 0.2) is 0 Å². The molecule has 6 nitrogen and oxygen atoms in total. The van der Waals surface area contributed by atoms with Gasteiger partial charge in [-0.05, 0) is 35.0 Å². The summed E-state index contributed by atoms with van der Waals surface area (Å²) in [6.45, 7) is 2.11. The van der Waals surface area contributed by atoms with Gasteiger partial charge in [-0.25, -0.2) is 8.42 Å². The van der Waals surface area contributed by atoms with Gasteiger partial charge in [-0.3, -0.25) is 4.72 Å². The second kappa shape index (κ2) is 9.95. The summed E-state index contributed by atoms with van der Waals surface area (Å²) in [6, 6.07) is 26.9. The number of para-hydroxylation sites is 1. The number of hydrogen-bond donors (Lipinski definition) is 2. The van der Waals surface area contributed by atoms with Gasteiger partial charge in [0.1, 0.15) is 28.6 Å². The number of phenolic OH excluding ortho intramolecular Hbond substituents is 1. The molecule has 0 unspecified atom stereocenters. The zero-order valence-corrected chi connectivity index (χ0v) is 21.2. The Morgan fingerprint density at radius 3 is 2.27 bits per heavy atom. The van der Waals surface area contributed by atoms with Gasteiger partial charge in [0.05, 0.1) is 19.7 Å². The lowest BCUT2D eigenvalue weighted by molar-refractivity contribution is 0.340. The van der Waals surface area contributed by atoms with E-state index in [0.29, 0.717) is 33.3 Å². The van der Waals surface area contributed by atoms with E-state index in [2.05, 4.69) is 4.72 Å². The molecule has 0 aliphatic heterocycles. The van der Waals surface area contributed by atoms with Gasteiger partial charge >= 0.3 is 0 Å². The topological polar surface area (TPSA) is 84.9 Å². The van der Waals surface area contributed by atoms with Crippen LogP contribution in [0.25, 0.3) is 32.7 Å². The molecule has 37 heavy (non-hydrogen) atoms. The van der Waals surface area contributed by atoms with Crippen molar-refractivity contribution in [3.05, 3.63) is 97.4 Å². The predicted octanol–water partition coefficient (Wildman–Crippen LogP) is 6.78. The zero-order chi connectivity index (χ0) is 26.0. The summed E-state index contributed by atoms with van der Waals surface area (Å²) >= 11 is 0. The molecule has 5 aromatic carbocycles. The van der Waals surface area contributed by atoms with Gasteiger partial charge in [0.2, 0.25) is 6.61 Å². The average Bonchev–Trinajstić information content (AvgIpc) is 2.93. The molecule has 0 amide bonds. The molecule has 0 saturated carbocycles. The van der Waals surface area contributed by atoms with Gasteiger partial charge in [0, 0.05) is 21.9 Å². The molecule has 5 aromatic rings. The molecule has 7 heteroatoms. The highest BCUT2D eigenvalue weighted by Crippen LogP contribution is 2.46. The monoisotopic (exact) mass is 512 g/mol. The number of benzene rings is 5. The van der Waals surface area contributed by atoms with Crippen LogP contribution in [0.4, 0.5) is 5.69 Å². The van der Waals surface area contributed by atoms with Crippen molar-refractivity contribution >= 4 is 37.3 Å². The summed E-state index contributed by atoms with van der Waals surface area (Å²) in [7, 11) is -2.47. The number of methoxy groups -OCH3 is 1. The zero-order valence-electron chi connectivity index (χ0n) is 20.4. The first-order valence-corrected chi connectivity index (χ1v) is 13.3. The number of aromatic hydroxyl groups is 1. The smallest absolute Gasteiger partial charge is 0.265 e. The van der Waals surface area contributed by atoms with Crippen molar-refractivity contribution in [2.24, 2.45) is 0 Å². The Hall–Kier alpha value is -4.36. The van der Waals surface area contributed by atoms with Crippen molar-refractivity contribution < 1.29 is 23.0 Å². The highest BCUT2D eigenvalue weighted by molar-refractivity contribution is 7.92. The maximum absolute atomic E-state index is 13.6. The average molecular weight is 513 g/mol. The highest BCUT2D eigenvalue weighted by atomic mass is 32.2. The molecule has 0 heterocycles. The van der Waals surface area contributed by atoms with Crippen LogP contribution in [-0.2, 0) is 10.0 Å². The van der Waals surface area contributed by atoms with Gasteiger partial charge in [0.25, 0.3) is 10.0 Å². The van der Waals surface area contributed by atoms with Crippen molar-refractivity contribution in [3.8, 4) is 28.4 Å². The number of rotatable bonds is 8. The first-order valence-electron chi connectivity index (χ1n) is 11.8. The minimum atomic E-state index is -4.04. The van der Waals surface area contributed by atoms with E-state index in [0.717, 1.165) is 10.8 Å². The van der Waals surface area contributed by atoms with Crippen molar-refractivity contribution in [3.63, 3.8) is 0 Å². The Labute approximate surface area is 216 Å². The molecule has 186 valence electrons. The molecule has 0 radical (unpaired) electrons. The van der Waals surface area contributed by atoms with Gasteiger partial charge in [-0.1, -0.05) is 66.7 Å². The standard InChI is InChI=1S/C30H25NO5S/c1-3-18-36-26-14-8-9-15-28(26)37(33,34)31-25-19-24(30(32)23-13-7-6-12-22(23)25)29-21-11-5-4-10-20(21)16-17-27(29)35-2/h3-17,19,31H,18H2,1-2H3/p+1. The van der Waals surface area contributed by atoms with E-state index in [-0.39, 0.29) is 23.0 Å². The van der Waals surface area contributed by atoms with Crippen LogP contribution in [0.15, 0.2) is 95.9 Å². The third-order valence-corrected chi connectivity index (χ3v) is 7.59. The van der Waals surface area contributed by atoms with Crippen LogP contribution in [0, 0.1) is 6.42 Å². The first kappa shape index (κ1) is 24.3. The Morgan fingerprint density at radius 1 is 0.838 bits per heavy atom. The summed E-state index contributed by atoms with van der Waals surface area (Å²) in [5.41, 5.74) is 1.46. The lowest BCUT2D eigenvalue weighted by Crippen LogP contribution is -2.15. The van der Waals surface area contributed by atoms with Crippen LogP contribution in [0.3, 0.4) is 0 Å². The lowest BCUT2D eigenvalue weighted by atomic mass is 9.93. The molecule has 2 N–H and O–H groups in total. The minimum Gasteiger partial charge on any atom is -0.507 e. The van der Waals surface area contributed by atoms with Crippen LogP contribution in [0.1, 0.15) is 6.92 Å². The largest absolute Gasteiger partial charge is 0.507 e. The van der Waals surface area contributed by atoms with E-state index in [4.69, 9.17) is 9.47 Å². The normalized spacial score (nSPS) is 11.4. The molecule has 0 atom stereocenters. The SMILES string of the molecule is C[CH+]COc1ccccc1S(=O)(=O)Nc1cc(-c2c(OC)ccc3ccccc23)c(O)c2ccccc12. The van der Waals surface area contributed by atoms with Crippen molar-refractivity contribution in [2.45, 2.75) is 11.8 Å². The lowest BCUT2D eigenvalue weighted by Gasteiger charge is -2.18. The van der Waals surface area contributed by atoms with Crippen molar-refractivity contribution in [2.75, 3.05) is 18.4 Å². The van der Waals surface area contributed by atoms with Gasteiger partial charge in [-0.15, -0.1) is 0 Å². The fourth-order valence-corrected chi connectivity index (χ4v) is 5.72. The maximum atomic E-state index is 13.6. The van der Waals surface area contributed by atoms with Crippen LogP contribution in [0.5, 0.6) is 17.2 Å². The van der Waals surface area contributed by atoms with Crippen LogP contribution in [0.2, 0.25) is 0 Å². The molecule has 5 rings (SSSR count). The summed E-state index contributed by atoms with van der Waals surface area (Å²) in [6.07, 6.45) is 1.80. The highest BCUT2D eigenvalue weighted by Gasteiger charge is 2.24. The number of anilines is 1. The molecule has 0 saturated heterocycles. The van der Waals surface area contributed by atoms with Crippen molar-refractivity contribution in [1.82, 2.24) is 0 Å². The second-order valence-electron chi connectivity index (χ2n) is 8.50. The van der Waals surface area contributed by atoms with Crippen LogP contribution < -0.4 is 14.2 Å². The van der Waals surface area contributed by atoms with Crippen molar-refractivity contribution in [1.29, 1.82) is 0 Å². The quantitative estimate of drug-likeness (QED) is 0.177. The molecule has 0 fully saturated rings. The Bertz CT molecular complexity index is 1710. The number of ether oxygens (including phenoxy) is 2. The van der Waals surface area contributed by atoms with E-state index in [9.17, 15) is 13.5 Å². The molecule has 0 aliphatic carbocycles. The Balaban J connectivity index is 1.73. The van der Waals surface area contributed by atoms with Crippen LogP contribution >= 0.6 is 0 Å². The molecule has 0 aliphatic rings. The minimum absolute atomic E-state index is 0.0262. The third kappa shape index (κ3) is 4.49. The second-order valence-corrected chi connectivity index (χ2v) is 10.2. The Morgan fingerprint density at radius 2 is 1.51 bits per heavy atom. The molecule has 0 bridgehead atoms. The van der Waals surface area contributed by atoms with E-state index in [1.54, 1.807) is 62.1 Å². The number of nitrogens with one attached hydrogen (secondary N) is 1. The summed E-state index contributed by atoms with van der Waals surface area (Å²) in [4.78, 5) is 0.0262. The number of sulfonamides is 1. The fraction of sp³-hybridized carbons (Fsp3) is 0.100. The number of phenols is 1. The summed E-state index contributed by atoms with van der Waals surface area (Å²) < 4.78 is 41.3. The molecular weight excluding hydrogens is 486 g/mol. The number of fused-ring (bicyclic) bond motifs is 2. The maximum Gasteiger partial charge on any atom is 0.265 e. The van der Waals surface area contributed by atoms with E-state index < -0.39 is 10.0 Å². The summed E-state index contributed by atoms with van der Waals surface area (Å²) in [5.74, 6) is 0.857. The van der Waals surface area contributed by atoms with E-state index in [1.165, 1.54) is 6.07 Å². The number of hydrogen-bond acceptors (Lipinski definition) is 5.